The number of unbranched alkanes of at least 4 members (excludes halogenated alkanes) is 2. The minimum Gasteiger partial charge on any atom is -0.146 e. The molecule has 66 valence electrons. The normalized spacial score (nSPS) is 25.4. The topological polar surface area (TPSA) is 0 Å². The standard InChI is InChI=1S/C8H16S3/c1-2-3-4-5-8-9-6-7-10-11-8/h8H,2-7H2,1H3. The molecule has 0 nitrogen and oxygen atoms in total. The molecule has 1 unspecified atom stereocenters. The van der Waals surface area contributed by atoms with Crippen LogP contribution in [-0.4, -0.2) is 16.1 Å². The summed E-state index contributed by atoms with van der Waals surface area (Å²) in [6.45, 7) is 2.27. The summed E-state index contributed by atoms with van der Waals surface area (Å²) in [6, 6.07) is 0. The second-order valence-electron chi connectivity index (χ2n) is 2.71. The molecule has 1 heterocycles. The van der Waals surface area contributed by atoms with Crippen LogP contribution >= 0.6 is 33.3 Å². The Morgan fingerprint density at radius 1 is 1.27 bits per heavy atom. The first kappa shape index (κ1) is 10.1. The van der Waals surface area contributed by atoms with Gasteiger partial charge in [-0.3, -0.25) is 0 Å². The van der Waals surface area contributed by atoms with Crippen LogP contribution in [0.3, 0.4) is 0 Å². The van der Waals surface area contributed by atoms with Crippen LogP contribution in [0.15, 0.2) is 0 Å². The summed E-state index contributed by atoms with van der Waals surface area (Å²) < 4.78 is 0.903. The largest absolute Gasteiger partial charge is 0.146 e. The fourth-order valence-electron chi connectivity index (χ4n) is 1.06. The van der Waals surface area contributed by atoms with Crippen molar-refractivity contribution in [3.05, 3.63) is 0 Å². The number of rotatable bonds is 4. The van der Waals surface area contributed by atoms with Gasteiger partial charge in [0, 0.05) is 11.5 Å². The van der Waals surface area contributed by atoms with Crippen LogP contribution in [-0.2, 0) is 0 Å². The Bertz CT molecular complexity index is 89.3. The van der Waals surface area contributed by atoms with E-state index in [0.29, 0.717) is 0 Å². The van der Waals surface area contributed by atoms with Gasteiger partial charge in [0.1, 0.15) is 0 Å². The lowest BCUT2D eigenvalue weighted by Crippen LogP contribution is -2.02. The SMILES string of the molecule is CCCCCC1SCCSS1. The van der Waals surface area contributed by atoms with Crippen LogP contribution < -0.4 is 0 Å². The summed E-state index contributed by atoms with van der Waals surface area (Å²) in [6.07, 6.45) is 5.63. The Morgan fingerprint density at radius 3 is 2.82 bits per heavy atom. The highest BCUT2D eigenvalue weighted by Gasteiger charge is 2.13. The molecule has 11 heavy (non-hydrogen) atoms. The zero-order chi connectivity index (χ0) is 7.94. The Kier molecular flexibility index (Phi) is 6.04. The zero-order valence-corrected chi connectivity index (χ0v) is 9.49. The van der Waals surface area contributed by atoms with Gasteiger partial charge in [0.25, 0.3) is 0 Å². The van der Waals surface area contributed by atoms with E-state index in [1.54, 1.807) is 0 Å². The van der Waals surface area contributed by atoms with Gasteiger partial charge in [-0.05, 0) is 6.42 Å². The maximum Gasteiger partial charge on any atom is 0.0606 e. The smallest absolute Gasteiger partial charge is 0.0606 e. The predicted octanol–water partition coefficient (Wildman–Crippen LogP) is 4.02. The van der Waals surface area contributed by atoms with Crippen LogP contribution in [0.25, 0.3) is 0 Å². The van der Waals surface area contributed by atoms with E-state index < -0.39 is 0 Å². The lowest BCUT2D eigenvalue weighted by Gasteiger charge is -2.19. The third-order valence-electron chi connectivity index (χ3n) is 1.69. The summed E-state index contributed by atoms with van der Waals surface area (Å²) in [5.41, 5.74) is 0. The summed E-state index contributed by atoms with van der Waals surface area (Å²) in [5.74, 6) is 2.72. The molecule has 0 amide bonds. The van der Waals surface area contributed by atoms with E-state index in [9.17, 15) is 0 Å². The van der Waals surface area contributed by atoms with Crippen molar-refractivity contribution in [2.24, 2.45) is 0 Å². The molecule has 3 heteroatoms. The van der Waals surface area contributed by atoms with Gasteiger partial charge >= 0.3 is 0 Å². The number of hydrogen-bond donors (Lipinski definition) is 0. The van der Waals surface area contributed by atoms with Gasteiger partial charge in [-0.15, -0.1) is 11.8 Å². The lowest BCUT2D eigenvalue weighted by atomic mass is 10.2. The van der Waals surface area contributed by atoms with E-state index in [-0.39, 0.29) is 0 Å². The van der Waals surface area contributed by atoms with Crippen molar-refractivity contribution in [2.75, 3.05) is 11.5 Å². The third-order valence-corrected chi connectivity index (χ3v) is 6.62. The highest BCUT2D eigenvalue weighted by atomic mass is 33.1. The number of hydrogen-bond acceptors (Lipinski definition) is 3. The van der Waals surface area contributed by atoms with E-state index >= 15 is 0 Å². The predicted molar refractivity (Wildman–Crippen MR) is 60.4 cm³/mol. The quantitative estimate of drug-likeness (QED) is 0.506. The van der Waals surface area contributed by atoms with Crippen LogP contribution in [0.1, 0.15) is 32.6 Å². The molecular formula is C8H16S3. The summed E-state index contributed by atoms with van der Waals surface area (Å²) in [5, 5.41) is 0. The Morgan fingerprint density at radius 2 is 2.18 bits per heavy atom. The van der Waals surface area contributed by atoms with Gasteiger partial charge in [0.2, 0.25) is 0 Å². The van der Waals surface area contributed by atoms with Gasteiger partial charge in [-0.2, -0.15) is 0 Å². The summed E-state index contributed by atoms with van der Waals surface area (Å²) in [7, 11) is 4.15. The molecule has 0 spiro atoms. The molecular weight excluding hydrogens is 192 g/mol. The van der Waals surface area contributed by atoms with E-state index in [1.807, 2.05) is 0 Å². The number of thioether (sulfide) groups is 1. The first-order valence-corrected chi connectivity index (χ1v) is 7.76. The maximum absolute atomic E-state index is 2.27. The molecule has 0 aliphatic carbocycles. The fourth-order valence-corrected chi connectivity index (χ4v) is 5.98. The van der Waals surface area contributed by atoms with Gasteiger partial charge in [-0.1, -0.05) is 47.8 Å². The Balaban J connectivity index is 1.96. The van der Waals surface area contributed by atoms with Crippen molar-refractivity contribution in [1.82, 2.24) is 0 Å². The molecule has 1 fully saturated rings. The van der Waals surface area contributed by atoms with Crippen LogP contribution in [0.5, 0.6) is 0 Å². The highest BCUT2D eigenvalue weighted by molar-refractivity contribution is 8.79. The molecule has 1 saturated heterocycles. The van der Waals surface area contributed by atoms with Gasteiger partial charge in [0.05, 0.1) is 4.58 Å². The van der Waals surface area contributed by atoms with Crippen LogP contribution in [0.2, 0.25) is 0 Å². The Hall–Kier alpha value is 1.05. The molecule has 0 aromatic carbocycles. The van der Waals surface area contributed by atoms with Crippen molar-refractivity contribution in [2.45, 2.75) is 37.2 Å². The van der Waals surface area contributed by atoms with E-state index in [1.165, 1.54) is 37.2 Å². The van der Waals surface area contributed by atoms with Crippen molar-refractivity contribution in [3.63, 3.8) is 0 Å². The van der Waals surface area contributed by atoms with Crippen molar-refractivity contribution in [3.8, 4) is 0 Å². The lowest BCUT2D eigenvalue weighted by molar-refractivity contribution is 0.697. The highest BCUT2D eigenvalue weighted by Crippen LogP contribution is 2.41. The second kappa shape index (κ2) is 6.55. The second-order valence-corrected chi connectivity index (χ2v) is 7.01. The van der Waals surface area contributed by atoms with Crippen molar-refractivity contribution >= 4 is 33.3 Å². The van der Waals surface area contributed by atoms with Crippen molar-refractivity contribution in [1.29, 1.82) is 0 Å². The molecule has 1 aliphatic rings. The minimum absolute atomic E-state index is 0.903. The zero-order valence-electron chi connectivity index (χ0n) is 7.04. The van der Waals surface area contributed by atoms with Gasteiger partial charge in [-0.25, -0.2) is 0 Å². The molecule has 0 bridgehead atoms. The molecule has 1 aliphatic heterocycles. The Labute approximate surface area is 82.1 Å². The molecule has 1 atom stereocenters. The van der Waals surface area contributed by atoms with Crippen LogP contribution in [0.4, 0.5) is 0 Å². The molecule has 0 N–H and O–H groups in total. The van der Waals surface area contributed by atoms with Gasteiger partial charge < -0.3 is 0 Å². The summed E-state index contributed by atoms with van der Waals surface area (Å²) >= 11 is 2.16. The van der Waals surface area contributed by atoms with Crippen LogP contribution in [0, 0.1) is 0 Å². The third kappa shape index (κ3) is 4.58. The summed E-state index contributed by atoms with van der Waals surface area (Å²) in [4.78, 5) is 0. The average Bonchev–Trinajstić information content (AvgIpc) is 2.07. The molecule has 0 radical (unpaired) electrons. The van der Waals surface area contributed by atoms with E-state index in [0.717, 1.165) is 4.58 Å². The molecule has 0 aromatic heterocycles. The molecule has 0 aromatic rings. The average molecular weight is 208 g/mol. The first-order valence-electron chi connectivity index (χ1n) is 4.33. The minimum atomic E-state index is 0.903. The molecule has 1 rings (SSSR count). The van der Waals surface area contributed by atoms with E-state index in [2.05, 4.69) is 40.3 Å². The van der Waals surface area contributed by atoms with Gasteiger partial charge in [0.15, 0.2) is 0 Å². The maximum atomic E-state index is 2.27. The monoisotopic (exact) mass is 208 g/mol. The fraction of sp³-hybridized carbons (Fsp3) is 1.00. The first-order chi connectivity index (χ1) is 5.43. The molecule has 0 saturated carbocycles. The van der Waals surface area contributed by atoms with E-state index in [4.69, 9.17) is 0 Å². The van der Waals surface area contributed by atoms with Crippen molar-refractivity contribution < 1.29 is 0 Å².